The molecular formula is C19H23N3O3. The molecule has 0 atom stereocenters. The van der Waals surface area contributed by atoms with Crippen molar-refractivity contribution in [1.29, 1.82) is 0 Å². The van der Waals surface area contributed by atoms with E-state index in [9.17, 15) is 9.59 Å². The number of carbonyl (C=O) groups is 2. The Hall–Kier alpha value is -2.89. The molecule has 1 heterocycles. The minimum absolute atomic E-state index is 0.0873. The molecule has 1 aromatic carbocycles. The maximum absolute atomic E-state index is 11.8. The van der Waals surface area contributed by atoms with Crippen molar-refractivity contribution in [2.45, 2.75) is 33.1 Å². The molecule has 2 aromatic rings. The van der Waals surface area contributed by atoms with Gasteiger partial charge in [-0.15, -0.1) is 0 Å². The Morgan fingerprint density at radius 1 is 1.12 bits per heavy atom. The van der Waals surface area contributed by atoms with E-state index in [0.717, 1.165) is 5.56 Å². The summed E-state index contributed by atoms with van der Waals surface area (Å²) in [4.78, 5) is 23.4. The topological polar surface area (TPSA) is 83.7 Å². The third kappa shape index (κ3) is 5.31. The first-order valence-corrected chi connectivity index (χ1v) is 8.03. The van der Waals surface area contributed by atoms with Gasteiger partial charge in [0.15, 0.2) is 5.76 Å². The van der Waals surface area contributed by atoms with Crippen LogP contribution in [-0.2, 0) is 10.2 Å². The maximum Gasteiger partial charge on any atom is 0.287 e. The van der Waals surface area contributed by atoms with Crippen LogP contribution in [0.25, 0.3) is 0 Å². The van der Waals surface area contributed by atoms with Gasteiger partial charge in [0.05, 0.1) is 18.5 Å². The van der Waals surface area contributed by atoms with Crippen LogP contribution in [0.4, 0.5) is 0 Å². The van der Waals surface area contributed by atoms with Gasteiger partial charge in [0, 0.05) is 0 Å². The van der Waals surface area contributed by atoms with Gasteiger partial charge in [-0.25, -0.2) is 5.43 Å². The SMILES string of the molecule is C/C(=N\NC(=O)CNC(=O)c1ccco1)c1ccc(C(C)(C)C)cc1. The summed E-state index contributed by atoms with van der Waals surface area (Å²) in [5, 5.41) is 6.53. The molecule has 6 heteroatoms. The zero-order valence-corrected chi connectivity index (χ0v) is 14.9. The highest BCUT2D eigenvalue weighted by atomic mass is 16.3. The van der Waals surface area contributed by atoms with Gasteiger partial charge >= 0.3 is 0 Å². The van der Waals surface area contributed by atoms with Gasteiger partial charge in [-0.1, -0.05) is 45.0 Å². The van der Waals surface area contributed by atoms with Crippen LogP contribution in [0.3, 0.4) is 0 Å². The van der Waals surface area contributed by atoms with E-state index in [2.05, 4.69) is 48.7 Å². The molecule has 25 heavy (non-hydrogen) atoms. The Balaban J connectivity index is 1.87. The lowest BCUT2D eigenvalue weighted by Gasteiger charge is -2.19. The van der Waals surface area contributed by atoms with E-state index >= 15 is 0 Å². The Bertz CT molecular complexity index is 754. The van der Waals surface area contributed by atoms with E-state index in [0.29, 0.717) is 5.71 Å². The lowest BCUT2D eigenvalue weighted by molar-refractivity contribution is -0.120. The summed E-state index contributed by atoms with van der Waals surface area (Å²) >= 11 is 0. The molecule has 0 aliphatic carbocycles. The molecule has 2 N–H and O–H groups in total. The largest absolute Gasteiger partial charge is 0.459 e. The average Bonchev–Trinajstić information content (AvgIpc) is 3.11. The Kier molecular flexibility index (Phi) is 5.75. The number of carbonyl (C=O) groups excluding carboxylic acids is 2. The molecular weight excluding hydrogens is 318 g/mol. The molecule has 2 amide bonds. The Labute approximate surface area is 147 Å². The molecule has 0 spiro atoms. The second-order valence-electron chi connectivity index (χ2n) is 6.72. The van der Waals surface area contributed by atoms with Crippen LogP contribution in [0.1, 0.15) is 49.4 Å². The van der Waals surface area contributed by atoms with E-state index in [1.807, 2.05) is 19.1 Å². The predicted octanol–water partition coefficient (Wildman–Crippen LogP) is 2.85. The minimum Gasteiger partial charge on any atom is -0.459 e. The summed E-state index contributed by atoms with van der Waals surface area (Å²) in [5.41, 5.74) is 5.36. The number of hydrogen-bond donors (Lipinski definition) is 2. The summed E-state index contributed by atoms with van der Waals surface area (Å²) in [7, 11) is 0. The summed E-state index contributed by atoms with van der Waals surface area (Å²) in [6.07, 6.45) is 1.40. The molecule has 0 fully saturated rings. The third-order valence-corrected chi connectivity index (χ3v) is 3.67. The maximum atomic E-state index is 11.8. The van der Waals surface area contributed by atoms with Crippen molar-refractivity contribution < 1.29 is 14.0 Å². The first-order valence-electron chi connectivity index (χ1n) is 8.03. The van der Waals surface area contributed by atoms with E-state index < -0.39 is 11.8 Å². The fourth-order valence-electron chi connectivity index (χ4n) is 2.12. The van der Waals surface area contributed by atoms with Gasteiger partial charge in [0.25, 0.3) is 11.8 Å². The lowest BCUT2D eigenvalue weighted by atomic mass is 9.86. The zero-order chi connectivity index (χ0) is 18.4. The molecule has 0 bridgehead atoms. The van der Waals surface area contributed by atoms with Crippen LogP contribution >= 0.6 is 0 Å². The molecule has 0 aliphatic heterocycles. The fourth-order valence-corrected chi connectivity index (χ4v) is 2.12. The highest BCUT2D eigenvalue weighted by Gasteiger charge is 2.13. The van der Waals surface area contributed by atoms with Crippen LogP contribution in [0.2, 0.25) is 0 Å². The highest BCUT2D eigenvalue weighted by Crippen LogP contribution is 2.22. The van der Waals surface area contributed by atoms with Gasteiger partial charge in [-0.05, 0) is 35.6 Å². The molecule has 2 rings (SSSR count). The predicted molar refractivity (Wildman–Crippen MR) is 96.5 cm³/mol. The monoisotopic (exact) mass is 341 g/mol. The summed E-state index contributed by atoms with van der Waals surface area (Å²) in [6.45, 7) is 8.09. The van der Waals surface area contributed by atoms with E-state index in [1.54, 1.807) is 6.07 Å². The first-order chi connectivity index (χ1) is 11.8. The minimum atomic E-state index is -0.446. The molecule has 0 unspecified atom stereocenters. The van der Waals surface area contributed by atoms with Crippen molar-refractivity contribution in [1.82, 2.24) is 10.7 Å². The van der Waals surface area contributed by atoms with Crippen molar-refractivity contribution in [3.05, 3.63) is 59.5 Å². The normalized spacial score (nSPS) is 11.9. The van der Waals surface area contributed by atoms with Crippen molar-refractivity contribution in [2.75, 3.05) is 6.54 Å². The number of furan rings is 1. The molecule has 0 saturated carbocycles. The van der Waals surface area contributed by atoms with Crippen molar-refractivity contribution in [3.63, 3.8) is 0 Å². The van der Waals surface area contributed by atoms with Crippen LogP contribution < -0.4 is 10.7 Å². The van der Waals surface area contributed by atoms with Gasteiger partial charge in [-0.2, -0.15) is 5.10 Å². The lowest BCUT2D eigenvalue weighted by Crippen LogP contribution is -2.35. The first kappa shape index (κ1) is 18.4. The summed E-state index contributed by atoms with van der Waals surface area (Å²) < 4.78 is 4.95. The molecule has 0 aliphatic rings. The smallest absolute Gasteiger partial charge is 0.287 e. The Morgan fingerprint density at radius 2 is 1.80 bits per heavy atom. The number of amides is 2. The second kappa shape index (κ2) is 7.79. The number of rotatable bonds is 5. The second-order valence-corrected chi connectivity index (χ2v) is 6.72. The average molecular weight is 341 g/mol. The van der Waals surface area contributed by atoms with E-state index in [-0.39, 0.29) is 17.7 Å². The summed E-state index contributed by atoms with van der Waals surface area (Å²) in [5.74, 6) is -0.699. The standard InChI is InChI=1S/C19H23N3O3/c1-13(14-7-9-15(10-8-14)19(2,3)4)21-22-17(23)12-20-18(24)16-6-5-11-25-16/h5-11H,12H2,1-4H3,(H,20,24)(H,22,23)/b21-13+. The highest BCUT2D eigenvalue weighted by molar-refractivity contribution is 5.99. The van der Waals surface area contributed by atoms with Crippen LogP contribution in [0.15, 0.2) is 52.2 Å². The number of nitrogens with one attached hydrogen (secondary N) is 2. The van der Waals surface area contributed by atoms with E-state index in [4.69, 9.17) is 4.42 Å². The van der Waals surface area contributed by atoms with E-state index in [1.165, 1.54) is 17.9 Å². The van der Waals surface area contributed by atoms with Gasteiger partial charge < -0.3 is 9.73 Å². The third-order valence-electron chi connectivity index (χ3n) is 3.67. The van der Waals surface area contributed by atoms with Crippen molar-refractivity contribution in [3.8, 4) is 0 Å². The van der Waals surface area contributed by atoms with Gasteiger partial charge in [0.2, 0.25) is 0 Å². The molecule has 6 nitrogen and oxygen atoms in total. The zero-order valence-electron chi connectivity index (χ0n) is 14.9. The quantitative estimate of drug-likeness (QED) is 0.648. The number of hydrogen-bond acceptors (Lipinski definition) is 4. The van der Waals surface area contributed by atoms with Crippen LogP contribution in [-0.4, -0.2) is 24.1 Å². The van der Waals surface area contributed by atoms with Gasteiger partial charge in [-0.3, -0.25) is 9.59 Å². The molecule has 0 saturated heterocycles. The van der Waals surface area contributed by atoms with Crippen molar-refractivity contribution >= 4 is 17.5 Å². The van der Waals surface area contributed by atoms with Crippen molar-refractivity contribution in [2.24, 2.45) is 5.10 Å². The molecule has 1 aromatic heterocycles. The number of hydrazone groups is 1. The fraction of sp³-hybridized carbons (Fsp3) is 0.316. The van der Waals surface area contributed by atoms with Gasteiger partial charge in [0.1, 0.15) is 0 Å². The number of benzene rings is 1. The Morgan fingerprint density at radius 3 is 2.36 bits per heavy atom. The van der Waals surface area contributed by atoms with Crippen LogP contribution in [0.5, 0.6) is 0 Å². The summed E-state index contributed by atoms with van der Waals surface area (Å²) in [6, 6.07) is 11.2. The number of nitrogens with zero attached hydrogens (tertiary/aromatic N) is 1. The molecule has 0 radical (unpaired) electrons. The molecule has 132 valence electrons. The van der Waals surface area contributed by atoms with Crippen LogP contribution in [0, 0.1) is 0 Å².